The first-order chi connectivity index (χ1) is 7.43. The van der Waals surface area contributed by atoms with Crippen molar-refractivity contribution in [3.63, 3.8) is 0 Å². The lowest BCUT2D eigenvalue weighted by Gasteiger charge is -2.21. The van der Waals surface area contributed by atoms with Gasteiger partial charge in [0.25, 0.3) is 0 Å². The predicted octanol–water partition coefficient (Wildman–Crippen LogP) is 2.87. The number of ether oxygens (including phenoxy) is 2. The van der Waals surface area contributed by atoms with E-state index >= 15 is 0 Å². The predicted molar refractivity (Wildman–Crippen MR) is 63.0 cm³/mol. The molecule has 0 saturated carbocycles. The Morgan fingerprint density at radius 1 is 1.06 bits per heavy atom. The lowest BCUT2D eigenvalue weighted by Crippen LogP contribution is -2.12. The maximum absolute atomic E-state index is 9.05. The van der Waals surface area contributed by atoms with Crippen LogP contribution in [0.25, 0.3) is 0 Å². The minimum atomic E-state index is -0.00541. The van der Waals surface area contributed by atoms with Crippen LogP contribution in [0, 0.1) is 11.3 Å². The molecule has 0 saturated heterocycles. The molecule has 86 valence electrons. The molecule has 0 amide bonds. The fourth-order valence-electron chi connectivity index (χ4n) is 1.46. The molecule has 3 heteroatoms. The Labute approximate surface area is 96.6 Å². The van der Waals surface area contributed by atoms with Gasteiger partial charge in [-0.05, 0) is 23.1 Å². The van der Waals surface area contributed by atoms with Crippen molar-refractivity contribution in [2.45, 2.75) is 26.2 Å². The maximum atomic E-state index is 9.05. The number of methoxy groups -OCH3 is 2. The van der Waals surface area contributed by atoms with Crippen LogP contribution in [0.4, 0.5) is 0 Å². The highest BCUT2D eigenvalue weighted by molar-refractivity contribution is 5.56. The highest BCUT2D eigenvalue weighted by atomic mass is 16.5. The van der Waals surface area contributed by atoms with Crippen molar-refractivity contribution in [1.82, 2.24) is 0 Å². The Hall–Kier alpha value is -1.69. The van der Waals surface area contributed by atoms with Gasteiger partial charge >= 0.3 is 0 Å². The number of nitriles is 1. The fourth-order valence-corrected chi connectivity index (χ4v) is 1.46. The largest absolute Gasteiger partial charge is 0.495 e. The molecule has 0 heterocycles. The van der Waals surface area contributed by atoms with Crippen molar-refractivity contribution in [2.24, 2.45) is 0 Å². The summed E-state index contributed by atoms with van der Waals surface area (Å²) < 4.78 is 10.4. The van der Waals surface area contributed by atoms with Gasteiger partial charge in [0.2, 0.25) is 0 Å². The zero-order valence-corrected chi connectivity index (χ0v) is 10.4. The molecule has 0 aliphatic heterocycles. The zero-order valence-electron chi connectivity index (χ0n) is 10.4. The van der Waals surface area contributed by atoms with Gasteiger partial charge in [-0.15, -0.1) is 0 Å². The minimum Gasteiger partial charge on any atom is -0.495 e. The molecule has 1 aromatic carbocycles. The van der Waals surface area contributed by atoms with E-state index in [0.29, 0.717) is 17.1 Å². The average Bonchev–Trinajstić information content (AvgIpc) is 2.25. The Balaban J connectivity index is 3.45. The van der Waals surface area contributed by atoms with E-state index in [1.54, 1.807) is 14.2 Å². The zero-order chi connectivity index (χ0) is 12.3. The van der Waals surface area contributed by atoms with E-state index in [1.807, 2.05) is 12.1 Å². The van der Waals surface area contributed by atoms with E-state index in [1.165, 1.54) is 0 Å². The summed E-state index contributed by atoms with van der Waals surface area (Å²) in [5, 5.41) is 9.05. The van der Waals surface area contributed by atoms with Crippen LogP contribution in [-0.2, 0) is 5.41 Å². The first-order valence-electron chi connectivity index (χ1n) is 5.10. The molecule has 0 spiro atoms. The van der Waals surface area contributed by atoms with E-state index in [2.05, 4.69) is 26.8 Å². The van der Waals surface area contributed by atoms with E-state index in [9.17, 15) is 0 Å². The Kier molecular flexibility index (Phi) is 3.44. The monoisotopic (exact) mass is 219 g/mol. The summed E-state index contributed by atoms with van der Waals surface area (Å²) >= 11 is 0. The van der Waals surface area contributed by atoms with Crippen LogP contribution in [-0.4, -0.2) is 14.2 Å². The highest BCUT2D eigenvalue weighted by Gasteiger charge is 2.19. The minimum absolute atomic E-state index is 0.00541. The smallest absolute Gasteiger partial charge is 0.140 e. The third kappa shape index (κ3) is 2.27. The van der Waals surface area contributed by atoms with E-state index in [4.69, 9.17) is 14.7 Å². The summed E-state index contributed by atoms with van der Waals surface area (Å²) in [5.41, 5.74) is 1.52. The van der Waals surface area contributed by atoms with Gasteiger partial charge in [-0.1, -0.05) is 20.8 Å². The summed E-state index contributed by atoms with van der Waals surface area (Å²) in [4.78, 5) is 0. The number of hydrogen-bond acceptors (Lipinski definition) is 3. The molecule has 0 fully saturated rings. The van der Waals surface area contributed by atoms with Crippen LogP contribution in [0.2, 0.25) is 0 Å². The van der Waals surface area contributed by atoms with Gasteiger partial charge in [0, 0.05) is 0 Å². The molecule has 1 aromatic rings. The first kappa shape index (κ1) is 12.4. The van der Waals surface area contributed by atoms with Crippen LogP contribution in [0.1, 0.15) is 31.9 Å². The van der Waals surface area contributed by atoms with Gasteiger partial charge in [0.05, 0.1) is 14.2 Å². The van der Waals surface area contributed by atoms with Gasteiger partial charge in [-0.2, -0.15) is 5.26 Å². The molecule has 0 N–H and O–H groups in total. The summed E-state index contributed by atoms with van der Waals surface area (Å²) in [6.07, 6.45) is 0. The number of rotatable bonds is 2. The Morgan fingerprint density at radius 3 is 1.75 bits per heavy atom. The van der Waals surface area contributed by atoms with Gasteiger partial charge in [-0.25, -0.2) is 0 Å². The van der Waals surface area contributed by atoms with Gasteiger partial charge < -0.3 is 9.47 Å². The van der Waals surface area contributed by atoms with Crippen molar-refractivity contribution in [1.29, 1.82) is 5.26 Å². The molecule has 0 aromatic heterocycles. The molecule has 0 atom stereocenters. The quantitative estimate of drug-likeness (QED) is 0.768. The fraction of sp³-hybridized carbons (Fsp3) is 0.462. The lowest BCUT2D eigenvalue weighted by atomic mass is 9.86. The van der Waals surface area contributed by atoms with Crippen LogP contribution < -0.4 is 9.47 Å². The van der Waals surface area contributed by atoms with Crippen LogP contribution in [0.3, 0.4) is 0 Å². The summed E-state index contributed by atoms with van der Waals surface area (Å²) in [6.45, 7) is 6.31. The van der Waals surface area contributed by atoms with E-state index < -0.39 is 0 Å². The molecule has 3 nitrogen and oxygen atoms in total. The van der Waals surface area contributed by atoms with Crippen molar-refractivity contribution in [3.8, 4) is 17.6 Å². The van der Waals surface area contributed by atoms with Crippen molar-refractivity contribution < 1.29 is 9.47 Å². The Bertz CT molecular complexity index is 400. The number of hydrogen-bond donors (Lipinski definition) is 0. The summed E-state index contributed by atoms with van der Waals surface area (Å²) in [6, 6.07) is 5.87. The second kappa shape index (κ2) is 4.44. The summed E-state index contributed by atoms with van der Waals surface area (Å²) in [7, 11) is 3.12. The topological polar surface area (TPSA) is 42.2 Å². The molecule has 0 aliphatic rings. The SMILES string of the molecule is COc1cc(C(C)(C)C)cc(OC)c1C#N. The van der Waals surface area contributed by atoms with E-state index in [-0.39, 0.29) is 5.41 Å². The van der Waals surface area contributed by atoms with Crippen molar-refractivity contribution >= 4 is 0 Å². The third-order valence-electron chi connectivity index (χ3n) is 2.48. The second-order valence-electron chi connectivity index (χ2n) is 4.62. The van der Waals surface area contributed by atoms with Crippen LogP contribution in [0.5, 0.6) is 11.5 Å². The Morgan fingerprint density at radius 2 is 1.50 bits per heavy atom. The van der Waals surface area contributed by atoms with E-state index in [0.717, 1.165) is 5.56 Å². The first-order valence-corrected chi connectivity index (χ1v) is 5.10. The molecule has 0 aliphatic carbocycles. The number of benzene rings is 1. The molecular formula is C13H17NO2. The molecule has 16 heavy (non-hydrogen) atoms. The van der Waals surface area contributed by atoms with Crippen LogP contribution in [0.15, 0.2) is 12.1 Å². The second-order valence-corrected chi connectivity index (χ2v) is 4.62. The molecule has 0 bridgehead atoms. The normalized spacial score (nSPS) is 10.8. The third-order valence-corrected chi connectivity index (χ3v) is 2.48. The van der Waals surface area contributed by atoms with Crippen molar-refractivity contribution in [3.05, 3.63) is 23.3 Å². The number of nitrogens with zero attached hydrogens (tertiary/aromatic N) is 1. The maximum Gasteiger partial charge on any atom is 0.140 e. The van der Waals surface area contributed by atoms with Gasteiger partial charge in [0.15, 0.2) is 0 Å². The molecule has 1 rings (SSSR count). The van der Waals surface area contributed by atoms with Gasteiger partial charge in [0.1, 0.15) is 23.1 Å². The average molecular weight is 219 g/mol. The standard InChI is InChI=1S/C13H17NO2/c1-13(2,3)9-6-11(15-4)10(8-14)12(7-9)16-5/h6-7H,1-5H3. The molecule has 0 unspecified atom stereocenters. The highest BCUT2D eigenvalue weighted by Crippen LogP contribution is 2.34. The summed E-state index contributed by atoms with van der Waals surface area (Å²) in [5.74, 6) is 1.12. The lowest BCUT2D eigenvalue weighted by molar-refractivity contribution is 0.388. The van der Waals surface area contributed by atoms with Gasteiger partial charge in [-0.3, -0.25) is 0 Å². The van der Waals surface area contributed by atoms with Crippen molar-refractivity contribution in [2.75, 3.05) is 14.2 Å². The molecular weight excluding hydrogens is 202 g/mol. The molecule has 0 radical (unpaired) electrons. The van der Waals surface area contributed by atoms with Crippen LogP contribution >= 0.6 is 0 Å².